The van der Waals surface area contributed by atoms with Crippen molar-refractivity contribution in [2.24, 2.45) is 5.73 Å². The van der Waals surface area contributed by atoms with E-state index in [4.69, 9.17) is 10.5 Å². The highest BCUT2D eigenvalue weighted by Crippen LogP contribution is 2.14. The summed E-state index contributed by atoms with van der Waals surface area (Å²) in [4.78, 5) is 0. The summed E-state index contributed by atoms with van der Waals surface area (Å²) >= 11 is 0. The molecule has 0 aromatic heterocycles. The van der Waals surface area contributed by atoms with Gasteiger partial charge in [-0.25, -0.2) is 0 Å². The second kappa shape index (κ2) is 7.56. The third-order valence-corrected chi connectivity index (χ3v) is 2.82. The number of rotatable bonds is 7. The summed E-state index contributed by atoms with van der Waals surface area (Å²) in [5.41, 5.74) is 7.84. The molecule has 0 saturated heterocycles. The molecule has 0 saturated carbocycles. The third kappa shape index (κ3) is 4.73. The highest BCUT2D eigenvalue weighted by Gasteiger charge is 1.96. The fourth-order valence-corrected chi connectivity index (χ4v) is 1.78. The van der Waals surface area contributed by atoms with Crippen LogP contribution < -0.4 is 15.8 Å². The second-order valence-corrected chi connectivity index (χ2v) is 4.38. The summed E-state index contributed by atoms with van der Waals surface area (Å²) in [7, 11) is 0. The Labute approximate surface area is 114 Å². The Morgan fingerprint density at radius 3 is 2.32 bits per heavy atom. The van der Waals surface area contributed by atoms with Crippen molar-refractivity contribution in [2.75, 3.05) is 13.1 Å². The maximum absolute atomic E-state index is 5.73. The minimum Gasteiger partial charge on any atom is -0.489 e. The molecule has 0 bridgehead atoms. The van der Waals surface area contributed by atoms with E-state index in [0.29, 0.717) is 13.2 Å². The van der Waals surface area contributed by atoms with Crippen LogP contribution in [-0.4, -0.2) is 13.1 Å². The maximum atomic E-state index is 5.73. The minimum atomic E-state index is 0.603. The fraction of sp³-hybridized carbons (Fsp3) is 0.250. The summed E-state index contributed by atoms with van der Waals surface area (Å²) in [6.07, 6.45) is 0. The quantitative estimate of drug-likeness (QED) is 0.747. The predicted octanol–water partition coefficient (Wildman–Crippen LogP) is 2.31. The first-order valence-electron chi connectivity index (χ1n) is 6.55. The molecule has 0 fully saturated rings. The molecule has 19 heavy (non-hydrogen) atoms. The zero-order chi connectivity index (χ0) is 13.3. The van der Waals surface area contributed by atoms with Crippen molar-refractivity contribution in [3.05, 3.63) is 65.7 Å². The standard InChI is InChI=1S/C16H20N2O/c17-10-11-18-12-14-6-8-16(9-7-14)19-13-15-4-2-1-3-5-15/h1-9,18H,10-13,17H2. The molecule has 2 aromatic rings. The van der Waals surface area contributed by atoms with Gasteiger partial charge in [-0.05, 0) is 23.3 Å². The van der Waals surface area contributed by atoms with Crippen LogP contribution in [0.5, 0.6) is 5.75 Å². The Kier molecular flexibility index (Phi) is 5.41. The number of hydrogen-bond acceptors (Lipinski definition) is 3. The molecule has 0 aliphatic carbocycles. The molecule has 100 valence electrons. The smallest absolute Gasteiger partial charge is 0.119 e. The van der Waals surface area contributed by atoms with E-state index in [9.17, 15) is 0 Å². The Bertz CT molecular complexity index is 468. The Balaban J connectivity index is 1.81. The average molecular weight is 256 g/mol. The monoisotopic (exact) mass is 256 g/mol. The molecule has 3 N–H and O–H groups in total. The van der Waals surface area contributed by atoms with Gasteiger partial charge in [0.15, 0.2) is 0 Å². The lowest BCUT2D eigenvalue weighted by Crippen LogP contribution is -2.21. The van der Waals surface area contributed by atoms with Crippen molar-refractivity contribution < 1.29 is 4.74 Å². The number of ether oxygens (including phenoxy) is 1. The van der Waals surface area contributed by atoms with Gasteiger partial charge >= 0.3 is 0 Å². The van der Waals surface area contributed by atoms with Crippen LogP contribution in [-0.2, 0) is 13.2 Å². The van der Waals surface area contributed by atoms with Gasteiger partial charge in [-0.15, -0.1) is 0 Å². The van der Waals surface area contributed by atoms with Crippen molar-refractivity contribution in [1.29, 1.82) is 0 Å². The topological polar surface area (TPSA) is 47.3 Å². The van der Waals surface area contributed by atoms with Crippen LogP contribution in [0.4, 0.5) is 0 Å². The molecule has 3 heteroatoms. The van der Waals surface area contributed by atoms with E-state index in [1.807, 2.05) is 30.3 Å². The number of nitrogens with one attached hydrogen (secondary N) is 1. The van der Waals surface area contributed by atoms with E-state index < -0.39 is 0 Å². The van der Waals surface area contributed by atoms with Crippen molar-refractivity contribution in [1.82, 2.24) is 5.32 Å². The van der Waals surface area contributed by atoms with E-state index in [0.717, 1.165) is 18.8 Å². The summed E-state index contributed by atoms with van der Waals surface area (Å²) in [6.45, 7) is 2.95. The van der Waals surface area contributed by atoms with Crippen LogP contribution >= 0.6 is 0 Å². The van der Waals surface area contributed by atoms with Crippen LogP contribution in [0.2, 0.25) is 0 Å². The zero-order valence-electron chi connectivity index (χ0n) is 11.0. The summed E-state index contributed by atoms with van der Waals surface area (Å²) in [5.74, 6) is 0.895. The molecule has 0 aliphatic rings. The number of nitrogens with two attached hydrogens (primary N) is 1. The van der Waals surface area contributed by atoms with Crippen LogP contribution in [0.1, 0.15) is 11.1 Å². The van der Waals surface area contributed by atoms with Crippen LogP contribution in [0.15, 0.2) is 54.6 Å². The predicted molar refractivity (Wildman–Crippen MR) is 78.0 cm³/mol. The van der Waals surface area contributed by atoms with Gasteiger partial charge in [0.1, 0.15) is 12.4 Å². The van der Waals surface area contributed by atoms with Crippen LogP contribution in [0.25, 0.3) is 0 Å². The molecule has 3 nitrogen and oxygen atoms in total. The van der Waals surface area contributed by atoms with Gasteiger partial charge in [0.05, 0.1) is 0 Å². The van der Waals surface area contributed by atoms with Gasteiger partial charge in [0.25, 0.3) is 0 Å². The Hall–Kier alpha value is -1.84. The molecule has 0 spiro atoms. The second-order valence-electron chi connectivity index (χ2n) is 4.38. The van der Waals surface area contributed by atoms with Gasteiger partial charge < -0.3 is 15.8 Å². The van der Waals surface area contributed by atoms with Gasteiger partial charge in [0, 0.05) is 19.6 Å². The van der Waals surface area contributed by atoms with E-state index in [2.05, 4.69) is 29.6 Å². The lowest BCUT2D eigenvalue weighted by Gasteiger charge is -2.08. The van der Waals surface area contributed by atoms with E-state index in [1.54, 1.807) is 0 Å². The first kappa shape index (κ1) is 13.6. The van der Waals surface area contributed by atoms with Crippen LogP contribution in [0.3, 0.4) is 0 Å². The Morgan fingerprint density at radius 2 is 1.63 bits per heavy atom. The summed E-state index contributed by atoms with van der Waals surface area (Å²) < 4.78 is 5.73. The first-order valence-corrected chi connectivity index (χ1v) is 6.55. The lowest BCUT2D eigenvalue weighted by atomic mass is 10.2. The van der Waals surface area contributed by atoms with Gasteiger partial charge in [-0.1, -0.05) is 42.5 Å². The molecule has 0 amide bonds. The largest absolute Gasteiger partial charge is 0.489 e. The van der Waals surface area contributed by atoms with E-state index in [1.165, 1.54) is 11.1 Å². The summed E-state index contributed by atoms with van der Waals surface area (Å²) in [6, 6.07) is 18.3. The first-order chi connectivity index (χ1) is 9.38. The fourth-order valence-electron chi connectivity index (χ4n) is 1.78. The SMILES string of the molecule is NCCNCc1ccc(OCc2ccccc2)cc1. The summed E-state index contributed by atoms with van der Waals surface area (Å²) in [5, 5.41) is 3.26. The van der Waals surface area contributed by atoms with Gasteiger partial charge in [0.2, 0.25) is 0 Å². The van der Waals surface area contributed by atoms with Crippen molar-refractivity contribution in [3.8, 4) is 5.75 Å². The van der Waals surface area contributed by atoms with Crippen LogP contribution in [0, 0.1) is 0 Å². The van der Waals surface area contributed by atoms with Gasteiger partial charge in [-0.3, -0.25) is 0 Å². The van der Waals surface area contributed by atoms with E-state index in [-0.39, 0.29) is 0 Å². The number of benzene rings is 2. The van der Waals surface area contributed by atoms with E-state index >= 15 is 0 Å². The molecular formula is C16H20N2O. The van der Waals surface area contributed by atoms with Crippen molar-refractivity contribution in [3.63, 3.8) is 0 Å². The molecule has 0 radical (unpaired) electrons. The number of hydrogen-bond donors (Lipinski definition) is 2. The Morgan fingerprint density at radius 1 is 0.895 bits per heavy atom. The average Bonchev–Trinajstić information content (AvgIpc) is 2.48. The molecule has 2 rings (SSSR count). The molecule has 0 atom stereocenters. The zero-order valence-corrected chi connectivity index (χ0v) is 11.0. The van der Waals surface area contributed by atoms with Gasteiger partial charge in [-0.2, -0.15) is 0 Å². The highest BCUT2D eigenvalue weighted by molar-refractivity contribution is 5.27. The normalized spacial score (nSPS) is 10.4. The minimum absolute atomic E-state index is 0.603. The maximum Gasteiger partial charge on any atom is 0.119 e. The molecule has 2 aromatic carbocycles. The highest BCUT2D eigenvalue weighted by atomic mass is 16.5. The lowest BCUT2D eigenvalue weighted by molar-refractivity contribution is 0.306. The van der Waals surface area contributed by atoms with Crippen molar-refractivity contribution >= 4 is 0 Å². The van der Waals surface area contributed by atoms with Crippen molar-refractivity contribution in [2.45, 2.75) is 13.2 Å². The molecule has 0 aliphatic heterocycles. The molecule has 0 heterocycles. The molecular weight excluding hydrogens is 236 g/mol. The molecule has 0 unspecified atom stereocenters. The third-order valence-electron chi connectivity index (χ3n) is 2.82.